The number of piperidine rings is 1. The van der Waals surface area contributed by atoms with Gasteiger partial charge in [0.15, 0.2) is 0 Å². The number of rotatable bonds is 7. The lowest BCUT2D eigenvalue weighted by Gasteiger charge is -2.33. The van der Waals surface area contributed by atoms with Crippen LogP contribution in [0.15, 0.2) is 36.4 Å². The van der Waals surface area contributed by atoms with Crippen molar-refractivity contribution in [1.82, 2.24) is 4.90 Å². The SMILES string of the molecule is COc1cc(P2(=O)CCCC2)ccc1NCC#Cc1sc2c(N[C@H]3CCN(C)C[C@@H]3F)cccc2c1CC(F)(F)F. The zero-order chi connectivity index (χ0) is 29.2. The molecule has 0 spiro atoms. The van der Waals surface area contributed by atoms with E-state index in [1.165, 1.54) is 11.3 Å². The van der Waals surface area contributed by atoms with Gasteiger partial charge in [-0.3, -0.25) is 0 Å². The zero-order valence-electron chi connectivity index (χ0n) is 23.1. The van der Waals surface area contributed by atoms with Gasteiger partial charge in [-0.1, -0.05) is 24.0 Å². The monoisotopic (exact) mass is 607 g/mol. The van der Waals surface area contributed by atoms with E-state index in [0.29, 0.717) is 57.4 Å². The Balaban J connectivity index is 1.38. The Hall–Kier alpha value is -2.73. The Morgan fingerprint density at radius 1 is 1.17 bits per heavy atom. The van der Waals surface area contributed by atoms with Crippen molar-refractivity contribution in [3.8, 4) is 17.6 Å². The van der Waals surface area contributed by atoms with Crippen molar-refractivity contribution < 1.29 is 26.9 Å². The van der Waals surface area contributed by atoms with Gasteiger partial charge in [0.25, 0.3) is 0 Å². The molecule has 2 aromatic carbocycles. The minimum Gasteiger partial charge on any atom is -0.495 e. The third kappa shape index (κ3) is 6.85. The number of likely N-dealkylation sites (tertiary alicyclic amines) is 1. The van der Waals surface area contributed by atoms with E-state index >= 15 is 0 Å². The van der Waals surface area contributed by atoms with Crippen LogP contribution in [-0.4, -0.2) is 69.4 Å². The number of hydrogen-bond donors (Lipinski definition) is 2. The molecule has 2 fully saturated rings. The first-order chi connectivity index (χ1) is 19.6. The Morgan fingerprint density at radius 2 is 1.95 bits per heavy atom. The summed E-state index contributed by atoms with van der Waals surface area (Å²) < 4.78 is 74.8. The third-order valence-electron chi connectivity index (χ3n) is 7.79. The average molecular weight is 608 g/mol. The van der Waals surface area contributed by atoms with E-state index < -0.39 is 32.0 Å². The molecule has 0 amide bonds. The summed E-state index contributed by atoms with van der Waals surface area (Å²) >= 11 is 1.20. The van der Waals surface area contributed by atoms with Gasteiger partial charge >= 0.3 is 6.18 Å². The Labute approximate surface area is 242 Å². The van der Waals surface area contributed by atoms with Gasteiger partial charge in [0.2, 0.25) is 0 Å². The highest BCUT2D eigenvalue weighted by atomic mass is 32.1. The predicted molar refractivity (Wildman–Crippen MR) is 161 cm³/mol. The van der Waals surface area contributed by atoms with Crippen LogP contribution in [0.1, 0.15) is 29.7 Å². The van der Waals surface area contributed by atoms with Crippen molar-refractivity contribution in [3.63, 3.8) is 0 Å². The maximum Gasteiger partial charge on any atom is 0.393 e. The number of methoxy groups -OCH3 is 1. The molecule has 2 aliphatic rings. The quantitative estimate of drug-likeness (QED) is 0.178. The number of hydrogen-bond acceptors (Lipinski definition) is 6. The Morgan fingerprint density at radius 3 is 2.66 bits per heavy atom. The number of alkyl halides is 4. The minimum atomic E-state index is -4.40. The number of nitrogens with one attached hydrogen (secondary N) is 2. The van der Waals surface area contributed by atoms with E-state index in [1.54, 1.807) is 25.3 Å². The van der Waals surface area contributed by atoms with Crippen LogP contribution < -0.4 is 20.7 Å². The highest BCUT2D eigenvalue weighted by Crippen LogP contribution is 2.51. The number of fused-ring (bicyclic) bond motifs is 1. The average Bonchev–Trinajstić information content (AvgIpc) is 3.52. The van der Waals surface area contributed by atoms with Crippen LogP contribution in [0.4, 0.5) is 28.9 Å². The van der Waals surface area contributed by atoms with E-state index in [4.69, 9.17) is 4.74 Å². The first-order valence-electron chi connectivity index (χ1n) is 13.8. The number of ether oxygens (including phenoxy) is 1. The van der Waals surface area contributed by atoms with Crippen molar-refractivity contribution in [2.75, 3.05) is 56.7 Å². The summed E-state index contributed by atoms with van der Waals surface area (Å²) in [6, 6.07) is 10.3. The molecule has 2 saturated heterocycles. The first kappa shape index (κ1) is 29.8. The Bertz CT molecular complexity index is 1500. The van der Waals surface area contributed by atoms with Gasteiger partial charge in [0.1, 0.15) is 19.1 Å². The molecule has 0 radical (unpaired) electrons. The molecule has 5 rings (SSSR count). The molecular weight excluding hydrogens is 573 g/mol. The summed E-state index contributed by atoms with van der Waals surface area (Å²) in [7, 11) is 1.05. The molecule has 41 heavy (non-hydrogen) atoms. The molecule has 0 unspecified atom stereocenters. The number of thiophene rings is 1. The normalized spacial score (nSPS) is 20.9. The molecule has 1 aromatic heterocycles. The molecule has 5 nitrogen and oxygen atoms in total. The van der Waals surface area contributed by atoms with Crippen LogP contribution in [-0.2, 0) is 11.0 Å². The van der Waals surface area contributed by atoms with E-state index in [-0.39, 0.29) is 12.1 Å². The molecule has 0 aliphatic carbocycles. The molecule has 2 aliphatic heterocycles. The summed E-state index contributed by atoms with van der Waals surface area (Å²) in [4.78, 5) is 2.27. The fourth-order valence-corrected chi connectivity index (χ4v) is 9.71. The van der Waals surface area contributed by atoms with Gasteiger partial charge in [-0.2, -0.15) is 13.2 Å². The third-order valence-corrected chi connectivity index (χ3v) is 12.3. The molecule has 0 bridgehead atoms. The number of nitrogens with zero attached hydrogens (tertiary/aromatic N) is 1. The fraction of sp³-hybridized carbons (Fsp3) is 0.467. The van der Waals surface area contributed by atoms with Gasteiger partial charge in [0, 0.05) is 30.7 Å². The molecule has 3 heterocycles. The van der Waals surface area contributed by atoms with Crippen LogP contribution in [0.2, 0.25) is 0 Å². The largest absolute Gasteiger partial charge is 0.495 e. The van der Waals surface area contributed by atoms with E-state index in [1.807, 2.05) is 30.1 Å². The van der Waals surface area contributed by atoms with Gasteiger partial charge in [-0.15, -0.1) is 11.3 Å². The minimum absolute atomic E-state index is 0.136. The summed E-state index contributed by atoms with van der Waals surface area (Å²) in [6.45, 7) is 1.24. The van der Waals surface area contributed by atoms with Gasteiger partial charge < -0.3 is 24.8 Å². The van der Waals surface area contributed by atoms with E-state index in [2.05, 4.69) is 22.5 Å². The zero-order valence-corrected chi connectivity index (χ0v) is 24.8. The van der Waals surface area contributed by atoms with Crippen molar-refractivity contribution in [2.45, 2.75) is 44.1 Å². The summed E-state index contributed by atoms with van der Waals surface area (Å²) in [5.41, 5.74) is 1.44. The Kier molecular flexibility index (Phi) is 8.89. The first-order valence-corrected chi connectivity index (χ1v) is 16.7. The van der Waals surface area contributed by atoms with Crippen LogP contribution in [0.25, 0.3) is 10.1 Å². The van der Waals surface area contributed by atoms with Crippen LogP contribution in [0.3, 0.4) is 0 Å². The standard InChI is InChI=1S/C30H34F4N3O2PS/c1-37-14-12-24(23(31)19-37)36-26-8-5-7-21-22(18-30(32,33)34)28(41-29(21)26)9-6-13-35-25-11-10-20(17-27(25)39-2)40(38)15-3-4-16-40/h5,7-8,10-11,17,23-24,35-36H,3-4,12-16,18-19H2,1-2H3/t23-,24-/m0/s1. The second-order valence-corrected chi connectivity index (χ2v) is 15.0. The molecule has 11 heteroatoms. The second kappa shape index (κ2) is 12.2. The van der Waals surface area contributed by atoms with Crippen LogP contribution in [0, 0.1) is 11.8 Å². The smallest absolute Gasteiger partial charge is 0.393 e. The topological polar surface area (TPSA) is 53.6 Å². The molecular formula is C30H34F4N3O2PS. The van der Waals surface area contributed by atoms with Crippen molar-refractivity contribution >= 4 is 45.2 Å². The van der Waals surface area contributed by atoms with Crippen LogP contribution >= 0.6 is 18.5 Å². The number of benzene rings is 2. The lowest BCUT2D eigenvalue weighted by atomic mass is 10.0. The lowest BCUT2D eigenvalue weighted by molar-refractivity contribution is -0.126. The second-order valence-electron chi connectivity index (χ2n) is 10.8. The van der Waals surface area contributed by atoms with Crippen molar-refractivity contribution in [1.29, 1.82) is 0 Å². The molecule has 2 atom stereocenters. The molecule has 220 valence electrons. The van der Waals surface area contributed by atoms with Gasteiger partial charge in [-0.05, 0) is 61.5 Å². The molecule has 0 saturated carbocycles. The van der Waals surface area contributed by atoms with E-state index in [0.717, 1.165) is 24.7 Å². The molecule has 3 aromatic rings. The van der Waals surface area contributed by atoms with Gasteiger partial charge in [0.05, 0.1) is 47.1 Å². The van der Waals surface area contributed by atoms with Crippen molar-refractivity contribution in [2.24, 2.45) is 0 Å². The highest BCUT2D eigenvalue weighted by molar-refractivity contribution is 7.71. The van der Waals surface area contributed by atoms with Crippen molar-refractivity contribution in [3.05, 3.63) is 46.8 Å². The lowest BCUT2D eigenvalue weighted by Crippen LogP contribution is -2.46. The van der Waals surface area contributed by atoms with E-state index in [9.17, 15) is 22.1 Å². The summed E-state index contributed by atoms with van der Waals surface area (Å²) in [5, 5.41) is 7.73. The van der Waals surface area contributed by atoms with Gasteiger partial charge in [-0.25, -0.2) is 4.39 Å². The summed E-state index contributed by atoms with van der Waals surface area (Å²) in [6.07, 6.45) is -2.60. The fourth-order valence-electron chi connectivity index (χ4n) is 5.63. The maximum atomic E-state index is 14.7. The number of anilines is 2. The summed E-state index contributed by atoms with van der Waals surface area (Å²) in [5.74, 6) is 6.47. The molecule has 2 N–H and O–H groups in total. The maximum absolute atomic E-state index is 14.7. The number of halogens is 4. The van der Waals surface area contributed by atoms with Crippen LogP contribution in [0.5, 0.6) is 5.75 Å². The highest BCUT2D eigenvalue weighted by Gasteiger charge is 2.32. The predicted octanol–water partition coefficient (Wildman–Crippen LogP) is 6.71.